The van der Waals surface area contributed by atoms with Gasteiger partial charge in [-0.15, -0.1) is 11.3 Å². The van der Waals surface area contributed by atoms with Crippen LogP contribution in [0.5, 0.6) is 0 Å². The van der Waals surface area contributed by atoms with Gasteiger partial charge in [0.05, 0.1) is 11.2 Å². The van der Waals surface area contributed by atoms with Gasteiger partial charge in [0.1, 0.15) is 0 Å². The average molecular weight is 318 g/mol. The summed E-state index contributed by atoms with van der Waals surface area (Å²) in [6.07, 6.45) is 2.81. The molecule has 1 aromatic heterocycles. The van der Waals surface area contributed by atoms with Gasteiger partial charge < -0.3 is 10.4 Å². The van der Waals surface area contributed by atoms with Crippen LogP contribution >= 0.6 is 11.3 Å². The molecule has 0 spiro atoms. The molecule has 1 unspecified atom stereocenters. The number of aliphatic hydroxyl groups excluding tert-OH is 1. The first-order valence-corrected chi connectivity index (χ1v) is 8.56. The molecule has 1 heterocycles. The Bertz CT molecular complexity index is 561. The first kappa shape index (κ1) is 16.6. The van der Waals surface area contributed by atoms with Crippen LogP contribution in [0.1, 0.15) is 36.5 Å². The first-order valence-electron chi connectivity index (χ1n) is 7.62. The van der Waals surface area contributed by atoms with Crippen molar-refractivity contribution in [3.05, 3.63) is 40.7 Å². The minimum Gasteiger partial charge on any atom is -0.396 e. The SMILES string of the molecule is CCCC(CCO)CNC(=O)c1ccc(-c2cscn2)cc1. The molecule has 0 bridgehead atoms. The standard InChI is InChI=1S/C17H22N2O2S/c1-2-3-13(8-9-20)10-18-17(21)15-6-4-14(5-7-15)16-11-22-12-19-16/h4-7,11-13,20H,2-3,8-10H2,1H3,(H,18,21). The highest BCUT2D eigenvalue weighted by Crippen LogP contribution is 2.19. The summed E-state index contributed by atoms with van der Waals surface area (Å²) in [4.78, 5) is 16.4. The van der Waals surface area contributed by atoms with Crippen molar-refractivity contribution in [1.29, 1.82) is 0 Å². The fourth-order valence-electron chi connectivity index (χ4n) is 2.43. The summed E-state index contributed by atoms with van der Waals surface area (Å²) in [5.74, 6) is 0.275. The number of amides is 1. The van der Waals surface area contributed by atoms with Crippen LogP contribution in [0.15, 0.2) is 35.2 Å². The van der Waals surface area contributed by atoms with Gasteiger partial charge >= 0.3 is 0 Å². The van der Waals surface area contributed by atoms with Gasteiger partial charge in [-0.3, -0.25) is 4.79 Å². The lowest BCUT2D eigenvalue weighted by Gasteiger charge is -2.15. The van der Waals surface area contributed by atoms with E-state index in [-0.39, 0.29) is 12.5 Å². The van der Waals surface area contributed by atoms with Gasteiger partial charge in [0, 0.05) is 29.7 Å². The number of rotatable bonds is 8. The Morgan fingerprint density at radius 3 is 2.68 bits per heavy atom. The Kier molecular flexibility index (Phi) is 6.55. The number of carbonyl (C=O) groups excluding carboxylic acids is 1. The maximum absolute atomic E-state index is 12.2. The predicted molar refractivity (Wildman–Crippen MR) is 90.0 cm³/mol. The second-order valence-electron chi connectivity index (χ2n) is 5.33. The molecule has 0 fully saturated rings. The van der Waals surface area contributed by atoms with E-state index in [1.54, 1.807) is 16.8 Å². The molecule has 22 heavy (non-hydrogen) atoms. The van der Waals surface area contributed by atoms with Crippen LogP contribution in [0.3, 0.4) is 0 Å². The van der Waals surface area contributed by atoms with E-state index in [4.69, 9.17) is 5.11 Å². The molecule has 2 rings (SSSR count). The van der Waals surface area contributed by atoms with Crippen molar-refractivity contribution < 1.29 is 9.90 Å². The summed E-state index contributed by atoms with van der Waals surface area (Å²) in [6.45, 7) is 2.90. The van der Waals surface area contributed by atoms with E-state index in [1.165, 1.54) is 0 Å². The molecule has 0 aliphatic heterocycles. The molecule has 0 saturated carbocycles. The molecule has 1 amide bonds. The number of aliphatic hydroxyl groups is 1. The molecule has 4 nitrogen and oxygen atoms in total. The second-order valence-corrected chi connectivity index (χ2v) is 6.05. The van der Waals surface area contributed by atoms with Gasteiger partial charge in [-0.25, -0.2) is 4.98 Å². The highest BCUT2D eigenvalue weighted by atomic mass is 32.1. The number of hydrogen-bond acceptors (Lipinski definition) is 4. The zero-order valence-corrected chi connectivity index (χ0v) is 13.6. The quantitative estimate of drug-likeness (QED) is 0.784. The van der Waals surface area contributed by atoms with Crippen molar-refractivity contribution in [1.82, 2.24) is 10.3 Å². The van der Waals surface area contributed by atoms with E-state index in [9.17, 15) is 4.79 Å². The molecule has 2 aromatic rings. The summed E-state index contributed by atoms with van der Waals surface area (Å²) in [5.41, 5.74) is 4.40. The van der Waals surface area contributed by atoms with E-state index in [1.807, 2.05) is 29.6 Å². The third-order valence-electron chi connectivity index (χ3n) is 3.66. The zero-order valence-electron chi connectivity index (χ0n) is 12.8. The number of thiazole rings is 1. The van der Waals surface area contributed by atoms with Gasteiger partial charge in [0.15, 0.2) is 0 Å². The molecular formula is C17H22N2O2S. The number of aromatic nitrogens is 1. The fourth-order valence-corrected chi connectivity index (χ4v) is 2.99. The molecule has 0 radical (unpaired) electrons. The van der Waals surface area contributed by atoms with Crippen LogP contribution in [0.2, 0.25) is 0 Å². The number of carbonyl (C=O) groups is 1. The fraction of sp³-hybridized carbons (Fsp3) is 0.412. The topological polar surface area (TPSA) is 62.2 Å². The van der Waals surface area contributed by atoms with Gasteiger partial charge in [0.2, 0.25) is 0 Å². The van der Waals surface area contributed by atoms with Crippen molar-refractivity contribution in [3.8, 4) is 11.3 Å². The minimum absolute atomic E-state index is 0.0659. The van der Waals surface area contributed by atoms with Crippen LogP contribution in [-0.4, -0.2) is 29.1 Å². The number of benzene rings is 1. The van der Waals surface area contributed by atoms with Crippen molar-refractivity contribution >= 4 is 17.2 Å². The van der Waals surface area contributed by atoms with E-state index in [0.717, 1.165) is 30.5 Å². The Balaban J connectivity index is 1.92. The molecule has 0 aliphatic carbocycles. The monoisotopic (exact) mass is 318 g/mol. The smallest absolute Gasteiger partial charge is 0.251 e. The highest BCUT2D eigenvalue weighted by Gasteiger charge is 2.11. The maximum Gasteiger partial charge on any atom is 0.251 e. The summed E-state index contributed by atoms with van der Waals surface area (Å²) in [7, 11) is 0. The van der Waals surface area contributed by atoms with Gasteiger partial charge in [-0.05, 0) is 30.9 Å². The largest absolute Gasteiger partial charge is 0.396 e. The normalized spacial score (nSPS) is 12.1. The summed E-state index contributed by atoms with van der Waals surface area (Å²) in [6, 6.07) is 7.48. The van der Waals surface area contributed by atoms with Crippen LogP contribution in [-0.2, 0) is 0 Å². The van der Waals surface area contributed by atoms with Crippen LogP contribution < -0.4 is 5.32 Å². The number of hydrogen-bond donors (Lipinski definition) is 2. The van der Waals surface area contributed by atoms with Crippen LogP contribution in [0.25, 0.3) is 11.3 Å². The van der Waals surface area contributed by atoms with Crippen LogP contribution in [0, 0.1) is 5.92 Å². The molecule has 0 saturated heterocycles. The van der Waals surface area contributed by atoms with Gasteiger partial charge in [-0.1, -0.05) is 25.5 Å². The second kappa shape index (κ2) is 8.66. The maximum atomic E-state index is 12.2. The summed E-state index contributed by atoms with van der Waals surface area (Å²) < 4.78 is 0. The lowest BCUT2D eigenvalue weighted by Crippen LogP contribution is -2.29. The summed E-state index contributed by atoms with van der Waals surface area (Å²) in [5, 5.41) is 14.0. The summed E-state index contributed by atoms with van der Waals surface area (Å²) >= 11 is 1.55. The van der Waals surface area contributed by atoms with E-state index < -0.39 is 0 Å². The average Bonchev–Trinajstić information content (AvgIpc) is 3.07. The third kappa shape index (κ3) is 4.64. The zero-order chi connectivity index (χ0) is 15.8. The van der Waals surface area contributed by atoms with Crippen molar-refractivity contribution in [2.24, 2.45) is 5.92 Å². The molecule has 0 aliphatic rings. The van der Waals surface area contributed by atoms with Crippen molar-refractivity contribution in [3.63, 3.8) is 0 Å². The van der Waals surface area contributed by atoms with Crippen molar-refractivity contribution in [2.45, 2.75) is 26.2 Å². The predicted octanol–water partition coefficient (Wildman–Crippen LogP) is 3.34. The molecular weight excluding hydrogens is 296 g/mol. The van der Waals surface area contributed by atoms with E-state index >= 15 is 0 Å². The molecule has 2 N–H and O–H groups in total. The van der Waals surface area contributed by atoms with Crippen molar-refractivity contribution in [2.75, 3.05) is 13.2 Å². The lowest BCUT2D eigenvalue weighted by molar-refractivity contribution is 0.0943. The minimum atomic E-state index is -0.0659. The third-order valence-corrected chi connectivity index (χ3v) is 4.25. The van der Waals surface area contributed by atoms with E-state index in [0.29, 0.717) is 18.0 Å². The van der Waals surface area contributed by atoms with E-state index in [2.05, 4.69) is 17.2 Å². The Hall–Kier alpha value is -1.72. The first-order chi connectivity index (χ1) is 10.7. The molecule has 5 heteroatoms. The Labute approximate surface area is 135 Å². The Morgan fingerprint density at radius 1 is 1.32 bits per heavy atom. The highest BCUT2D eigenvalue weighted by molar-refractivity contribution is 7.07. The Morgan fingerprint density at radius 2 is 2.09 bits per heavy atom. The van der Waals surface area contributed by atoms with Gasteiger partial charge in [0.25, 0.3) is 5.91 Å². The van der Waals surface area contributed by atoms with Gasteiger partial charge in [-0.2, -0.15) is 0 Å². The molecule has 118 valence electrons. The molecule has 1 aromatic carbocycles. The number of nitrogens with one attached hydrogen (secondary N) is 1. The lowest BCUT2D eigenvalue weighted by atomic mass is 10.00. The van der Waals surface area contributed by atoms with Crippen LogP contribution in [0.4, 0.5) is 0 Å². The number of nitrogens with zero attached hydrogens (tertiary/aromatic N) is 1. The molecule has 1 atom stereocenters.